The van der Waals surface area contributed by atoms with Crippen LogP contribution in [0.2, 0.25) is 0 Å². The molecule has 0 spiro atoms. The van der Waals surface area contributed by atoms with Gasteiger partial charge in [-0.15, -0.1) is 0 Å². The molecule has 186 valence electrons. The highest BCUT2D eigenvalue weighted by Gasteiger charge is 2.38. The second-order valence-corrected chi connectivity index (χ2v) is 11.0. The maximum Gasteiger partial charge on any atom is 0.219 e. The highest BCUT2D eigenvalue weighted by molar-refractivity contribution is 8.15. The Labute approximate surface area is 209 Å². The summed E-state index contributed by atoms with van der Waals surface area (Å²) >= 11 is 1.36. The highest BCUT2D eigenvalue weighted by atomic mass is 32.2. The van der Waals surface area contributed by atoms with Gasteiger partial charge in [-0.25, -0.2) is 0 Å². The Morgan fingerprint density at radius 2 is 1.85 bits per heavy atom. The fourth-order valence-electron chi connectivity index (χ4n) is 4.76. The molecule has 0 amide bonds. The van der Waals surface area contributed by atoms with E-state index in [0.717, 1.165) is 49.4 Å². The van der Waals surface area contributed by atoms with Crippen molar-refractivity contribution < 1.29 is 9.53 Å². The minimum atomic E-state index is -0.383. The number of thioether (sulfide) groups is 1. The van der Waals surface area contributed by atoms with Crippen LogP contribution in [0.3, 0.4) is 0 Å². The smallest absolute Gasteiger partial charge is 0.219 e. The molecular formula is C28H41N3O2S. The molecule has 0 N–H and O–H groups in total. The van der Waals surface area contributed by atoms with Crippen molar-refractivity contribution >= 4 is 33.5 Å². The average Bonchev–Trinajstić information content (AvgIpc) is 2.99. The third kappa shape index (κ3) is 5.60. The second-order valence-electron chi connectivity index (χ2n) is 9.65. The summed E-state index contributed by atoms with van der Waals surface area (Å²) < 4.78 is 6.50. The van der Waals surface area contributed by atoms with Crippen LogP contribution in [0.15, 0.2) is 41.8 Å². The summed E-state index contributed by atoms with van der Waals surface area (Å²) in [6.07, 6.45) is 3.03. The van der Waals surface area contributed by atoms with E-state index in [1.165, 1.54) is 28.4 Å². The van der Waals surface area contributed by atoms with Gasteiger partial charge in [-0.3, -0.25) is 14.7 Å². The Kier molecular flexibility index (Phi) is 8.69. The van der Waals surface area contributed by atoms with Crippen molar-refractivity contribution in [1.29, 1.82) is 0 Å². The van der Waals surface area contributed by atoms with Crippen LogP contribution in [-0.2, 0) is 9.53 Å². The van der Waals surface area contributed by atoms with E-state index in [1.54, 1.807) is 0 Å². The largest absolute Gasteiger partial charge is 0.489 e. The Hall–Kier alpha value is -2.05. The highest BCUT2D eigenvalue weighted by Crippen LogP contribution is 2.38. The van der Waals surface area contributed by atoms with Crippen LogP contribution in [-0.4, -0.2) is 58.1 Å². The van der Waals surface area contributed by atoms with Crippen molar-refractivity contribution in [2.75, 3.05) is 31.1 Å². The van der Waals surface area contributed by atoms with E-state index in [9.17, 15) is 4.79 Å². The van der Waals surface area contributed by atoms with Crippen LogP contribution in [0, 0.1) is 6.92 Å². The molecule has 1 aromatic carbocycles. The van der Waals surface area contributed by atoms with E-state index in [-0.39, 0.29) is 22.0 Å². The zero-order valence-electron chi connectivity index (χ0n) is 22.1. The molecule has 2 unspecified atom stereocenters. The molecule has 6 heteroatoms. The number of fused-ring (bicyclic) bond motifs is 1. The van der Waals surface area contributed by atoms with Crippen molar-refractivity contribution in [3.8, 4) is 0 Å². The van der Waals surface area contributed by atoms with Gasteiger partial charge in [0, 0.05) is 55.1 Å². The molecule has 2 atom stereocenters. The van der Waals surface area contributed by atoms with Gasteiger partial charge in [0.1, 0.15) is 11.4 Å². The van der Waals surface area contributed by atoms with Gasteiger partial charge < -0.3 is 9.64 Å². The van der Waals surface area contributed by atoms with E-state index in [4.69, 9.17) is 4.74 Å². The average molecular weight is 484 g/mol. The van der Waals surface area contributed by atoms with Crippen LogP contribution in [0.25, 0.3) is 10.9 Å². The number of ether oxygens (including phenoxy) is 1. The normalized spacial score (nSPS) is 20.8. The maximum absolute atomic E-state index is 12.1. The number of hydrogen-bond donors (Lipinski definition) is 0. The molecule has 0 radical (unpaired) electrons. The minimum absolute atomic E-state index is 0.0946. The molecule has 1 saturated heterocycles. The predicted molar refractivity (Wildman–Crippen MR) is 146 cm³/mol. The molecule has 2 aliphatic rings. The molecule has 1 aromatic heterocycles. The number of hydrogen-bond acceptors (Lipinski definition) is 6. The number of nitrogens with zero attached hydrogens (tertiary/aromatic N) is 3. The summed E-state index contributed by atoms with van der Waals surface area (Å²) in [5.74, 6) is 0.854. The van der Waals surface area contributed by atoms with Crippen molar-refractivity contribution in [3.63, 3.8) is 0 Å². The fraction of sp³-hybridized carbons (Fsp3) is 0.571. The number of anilines is 1. The summed E-state index contributed by atoms with van der Waals surface area (Å²) in [5, 5.41) is 1.46. The monoisotopic (exact) mass is 483 g/mol. The third-order valence-corrected chi connectivity index (χ3v) is 8.09. The molecule has 0 saturated carbocycles. The van der Waals surface area contributed by atoms with E-state index >= 15 is 0 Å². The first-order valence-corrected chi connectivity index (χ1v) is 13.5. The summed E-state index contributed by atoms with van der Waals surface area (Å²) in [5.41, 5.74) is 3.96. The van der Waals surface area contributed by atoms with Crippen molar-refractivity contribution in [3.05, 3.63) is 47.4 Å². The number of carbonyl (C=O) groups is 1. The van der Waals surface area contributed by atoms with Gasteiger partial charge in [0.15, 0.2) is 0 Å². The van der Waals surface area contributed by atoms with Crippen molar-refractivity contribution in [1.82, 2.24) is 9.88 Å². The topological polar surface area (TPSA) is 45.7 Å². The third-order valence-electron chi connectivity index (χ3n) is 7.00. The number of carbonyl (C=O) groups excluding carboxylic acids is 1. The Balaban J connectivity index is 0.00000158. The molecule has 4 rings (SSSR count). The first kappa shape index (κ1) is 26.6. The Morgan fingerprint density at radius 3 is 2.53 bits per heavy atom. The lowest BCUT2D eigenvalue weighted by Gasteiger charge is -2.40. The second kappa shape index (κ2) is 11.1. The lowest BCUT2D eigenvalue weighted by molar-refractivity contribution is -0.108. The SMILES string of the molecule is CC.CC1=C(OC(C)(C)C(C)N2CCCN(c3ccnc4cc(C)ccc34)CC2)C(C)SC1=O. The van der Waals surface area contributed by atoms with E-state index in [2.05, 4.69) is 73.7 Å². The molecule has 2 aromatic rings. The van der Waals surface area contributed by atoms with Crippen LogP contribution < -0.4 is 4.90 Å². The Bertz CT molecular complexity index is 1050. The molecule has 0 bridgehead atoms. The van der Waals surface area contributed by atoms with Gasteiger partial charge in [-0.05, 0) is 65.7 Å². The number of aromatic nitrogens is 1. The summed E-state index contributed by atoms with van der Waals surface area (Å²) in [6.45, 7) is 20.6. The van der Waals surface area contributed by atoms with Gasteiger partial charge in [-0.2, -0.15) is 0 Å². The van der Waals surface area contributed by atoms with Gasteiger partial charge in [-0.1, -0.05) is 37.7 Å². The summed E-state index contributed by atoms with van der Waals surface area (Å²) in [7, 11) is 0. The van der Waals surface area contributed by atoms with Crippen LogP contribution in [0.4, 0.5) is 5.69 Å². The van der Waals surface area contributed by atoms with Gasteiger partial charge in [0.05, 0.1) is 10.8 Å². The van der Waals surface area contributed by atoms with E-state index < -0.39 is 0 Å². The Morgan fingerprint density at radius 1 is 1.12 bits per heavy atom. The first-order valence-electron chi connectivity index (χ1n) is 12.6. The van der Waals surface area contributed by atoms with E-state index in [0.29, 0.717) is 0 Å². The molecule has 0 aliphatic carbocycles. The zero-order chi connectivity index (χ0) is 25.0. The fourth-order valence-corrected chi connectivity index (χ4v) is 5.69. The molecule has 34 heavy (non-hydrogen) atoms. The zero-order valence-corrected chi connectivity index (χ0v) is 23.0. The lowest BCUT2D eigenvalue weighted by atomic mass is 9.97. The summed E-state index contributed by atoms with van der Waals surface area (Å²) in [4.78, 5) is 21.7. The van der Waals surface area contributed by atoms with Crippen LogP contribution in [0.1, 0.15) is 60.5 Å². The first-order chi connectivity index (χ1) is 16.2. The molecular weight excluding hydrogens is 442 g/mol. The number of benzene rings is 1. The quantitative estimate of drug-likeness (QED) is 0.504. The molecule has 5 nitrogen and oxygen atoms in total. The lowest BCUT2D eigenvalue weighted by Crippen LogP contribution is -2.50. The van der Waals surface area contributed by atoms with Gasteiger partial charge >= 0.3 is 0 Å². The number of pyridine rings is 1. The van der Waals surface area contributed by atoms with Crippen molar-refractivity contribution in [2.45, 2.75) is 78.7 Å². The van der Waals surface area contributed by atoms with Gasteiger partial charge in [0.25, 0.3) is 0 Å². The van der Waals surface area contributed by atoms with Gasteiger partial charge in [0.2, 0.25) is 5.12 Å². The van der Waals surface area contributed by atoms with E-state index in [1.807, 2.05) is 27.0 Å². The number of aryl methyl sites for hydroxylation is 1. The predicted octanol–water partition coefficient (Wildman–Crippen LogP) is 6.20. The molecule has 3 heterocycles. The maximum atomic E-state index is 12.1. The standard InChI is InChI=1S/C26H35N3O2S.C2H6/c1-17-8-9-21-22(16-17)27-11-10-23(21)29-13-7-12-28(14-15-29)20(4)26(5,6)31-24-18(2)25(30)32-19(24)3;1-2/h8-11,16,19-20H,7,12-15H2,1-6H3;1-2H3. The molecule has 1 fully saturated rings. The molecule has 2 aliphatic heterocycles. The number of rotatable bonds is 5. The minimum Gasteiger partial charge on any atom is -0.489 e. The van der Waals surface area contributed by atoms with Crippen LogP contribution in [0.5, 0.6) is 0 Å². The van der Waals surface area contributed by atoms with Crippen LogP contribution >= 0.6 is 11.8 Å². The summed E-state index contributed by atoms with van der Waals surface area (Å²) in [6, 6.07) is 8.91. The van der Waals surface area contributed by atoms with Crippen molar-refractivity contribution in [2.24, 2.45) is 0 Å².